The van der Waals surface area contributed by atoms with E-state index in [9.17, 15) is 4.79 Å². The number of alkyl halides is 1. The lowest BCUT2D eigenvalue weighted by Gasteiger charge is -2.09. The standard InChI is InChI=1S/C9H17ClO2/c1-3-4-5-6-9(11)12-8(2)7-10/h8H,3-7H2,1-2H3. The highest BCUT2D eigenvalue weighted by Crippen LogP contribution is 2.03. The molecule has 0 amide bonds. The molecule has 0 N–H and O–H groups in total. The van der Waals surface area contributed by atoms with E-state index < -0.39 is 0 Å². The first-order chi connectivity index (χ1) is 5.70. The molecule has 0 aliphatic heterocycles. The van der Waals surface area contributed by atoms with Gasteiger partial charge >= 0.3 is 5.97 Å². The second-order valence-electron chi connectivity index (χ2n) is 2.91. The zero-order valence-corrected chi connectivity index (χ0v) is 8.56. The molecular weight excluding hydrogens is 176 g/mol. The largest absolute Gasteiger partial charge is 0.461 e. The van der Waals surface area contributed by atoms with Crippen molar-refractivity contribution in [3.63, 3.8) is 0 Å². The van der Waals surface area contributed by atoms with Crippen molar-refractivity contribution < 1.29 is 9.53 Å². The summed E-state index contributed by atoms with van der Waals surface area (Å²) in [6.07, 6.45) is 3.50. The minimum absolute atomic E-state index is 0.128. The number of carbonyl (C=O) groups excluding carboxylic acids is 1. The second kappa shape index (κ2) is 7.41. The molecule has 0 heterocycles. The molecule has 72 valence electrons. The van der Waals surface area contributed by atoms with E-state index in [2.05, 4.69) is 6.92 Å². The highest BCUT2D eigenvalue weighted by atomic mass is 35.5. The molecule has 0 fully saturated rings. The van der Waals surface area contributed by atoms with Crippen LogP contribution in [0.1, 0.15) is 39.5 Å². The first-order valence-electron chi connectivity index (χ1n) is 4.46. The average Bonchev–Trinajstić information content (AvgIpc) is 2.05. The monoisotopic (exact) mass is 192 g/mol. The molecule has 1 atom stereocenters. The van der Waals surface area contributed by atoms with Gasteiger partial charge in [-0.2, -0.15) is 0 Å². The summed E-state index contributed by atoms with van der Waals surface area (Å²) in [5.41, 5.74) is 0. The topological polar surface area (TPSA) is 26.3 Å². The molecule has 0 aromatic rings. The van der Waals surface area contributed by atoms with Crippen molar-refractivity contribution in [2.75, 3.05) is 5.88 Å². The summed E-state index contributed by atoms with van der Waals surface area (Å²) in [6.45, 7) is 3.90. The normalized spacial score (nSPS) is 12.6. The smallest absolute Gasteiger partial charge is 0.306 e. The van der Waals surface area contributed by atoms with Crippen LogP contribution in [0.5, 0.6) is 0 Å². The number of rotatable bonds is 6. The summed E-state index contributed by atoms with van der Waals surface area (Å²) in [4.78, 5) is 11.0. The summed E-state index contributed by atoms with van der Waals surface area (Å²) >= 11 is 5.48. The van der Waals surface area contributed by atoms with Crippen LogP contribution in [-0.2, 0) is 9.53 Å². The average molecular weight is 193 g/mol. The van der Waals surface area contributed by atoms with E-state index in [4.69, 9.17) is 16.3 Å². The Hall–Kier alpha value is -0.240. The number of unbranched alkanes of at least 4 members (excludes halogenated alkanes) is 2. The van der Waals surface area contributed by atoms with Crippen molar-refractivity contribution in [1.29, 1.82) is 0 Å². The predicted octanol–water partition coefficient (Wildman–Crippen LogP) is 2.74. The molecule has 0 rings (SSSR count). The Morgan fingerprint density at radius 3 is 2.67 bits per heavy atom. The highest BCUT2D eigenvalue weighted by Gasteiger charge is 2.06. The molecule has 0 aliphatic rings. The molecule has 3 heteroatoms. The van der Waals surface area contributed by atoms with Crippen molar-refractivity contribution >= 4 is 17.6 Å². The van der Waals surface area contributed by atoms with Gasteiger partial charge in [0.1, 0.15) is 6.10 Å². The van der Waals surface area contributed by atoms with Gasteiger partial charge in [-0.15, -0.1) is 11.6 Å². The zero-order valence-electron chi connectivity index (χ0n) is 7.81. The fourth-order valence-electron chi connectivity index (χ4n) is 0.834. The number of hydrogen-bond acceptors (Lipinski definition) is 2. The van der Waals surface area contributed by atoms with Crippen LogP contribution in [0.25, 0.3) is 0 Å². The van der Waals surface area contributed by atoms with Crippen LogP contribution in [-0.4, -0.2) is 18.0 Å². The van der Waals surface area contributed by atoms with Gasteiger partial charge in [-0.25, -0.2) is 0 Å². The SMILES string of the molecule is CCCCCC(=O)OC(C)CCl. The van der Waals surface area contributed by atoms with Crippen LogP contribution in [0.15, 0.2) is 0 Å². The number of carbonyl (C=O) groups is 1. The zero-order chi connectivity index (χ0) is 9.40. The van der Waals surface area contributed by atoms with Gasteiger partial charge in [0.15, 0.2) is 0 Å². The van der Waals surface area contributed by atoms with E-state index in [0.717, 1.165) is 19.3 Å². The summed E-state index contributed by atoms with van der Waals surface area (Å²) in [5, 5.41) is 0. The molecule has 0 saturated carbocycles. The molecule has 0 aromatic carbocycles. The Balaban J connectivity index is 3.33. The molecular formula is C9H17ClO2. The quantitative estimate of drug-likeness (QED) is 0.368. The van der Waals surface area contributed by atoms with E-state index in [1.54, 1.807) is 6.92 Å². The van der Waals surface area contributed by atoms with Crippen LogP contribution in [0.4, 0.5) is 0 Å². The molecule has 0 radical (unpaired) electrons. The Bertz CT molecular complexity index is 126. The maximum atomic E-state index is 11.0. The highest BCUT2D eigenvalue weighted by molar-refractivity contribution is 6.18. The van der Waals surface area contributed by atoms with Gasteiger partial charge in [0.25, 0.3) is 0 Å². The number of ether oxygens (including phenoxy) is 1. The number of hydrogen-bond donors (Lipinski definition) is 0. The van der Waals surface area contributed by atoms with Crippen LogP contribution in [0.3, 0.4) is 0 Å². The minimum Gasteiger partial charge on any atom is -0.461 e. The van der Waals surface area contributed by atoms with E-state index in [1.807, 2.05) is 0 Å². The van der Waals surface area contributed by atoms with Gasteiger partial charge in [0, 0.05) is 6.42 Å². The third kappa shape index (κ3) is 6.47. The fourth-order valence-corrected chi connectivity index (χ4v) is 0.897. The summed E-state index contributed by atoms with van der Waals surface area (Å²) in [5.74, 6) is 0.246. The lowest BCUT2D eigenvalue weighted by molar-refractivity contribution is -0.147. The third-order valence-electron chi connectivity index (χ3n) is 1.53. The second-order valence-corrected chi connectivity index (χ2v) is 3.22. The van der Waals surface area contributed by atoms with E-state index >= 15 is 0 Å². The van der Waals surface area contributed by atoms with Gasteiger partial charge in [-0.05, 0) is 13.3 Å². The van der Waals surface area contributed by atoms with E-state index in [0.29, 0.717) is 12.3 Å². The van der Waals surface area contributed by atoms with Crippen molar-refractivity contribution in [3.05, 3.63) is 0 Å². The first-order valence-corrected chi connectivity index (χ1v) is 4.99. The molecule has 0 aliphatic carbocycles. The van der Waals surface area contributed by atoms with Crippen LogP contribution >= 0.6 is 11.6 Å². The van der Waals surface area contributed by atoms with Gasteiger partial charge in [0.05, 0.1) is 5.88 Å². The summed E-state index contributed by atoms with van der Waals surface area (Å²) in [7, 11) is 0. The van der Waals surface area contributed by atoms with Gasteiger partial charge < -0.3 is 4.74 Å². The Morgan fingerprint density at radius 1 is 1.50 bits per heavy atom. The molecule has 0 spiro atoms. The Morgan fingerprint density at radius 2 is 2.17 bits per heavy atom. The molecule has 0 aromatic heterocycles. The number of halogens is 1. The van der Waals surface area contributed by atoms with E-state index in [1.165, 1.54) is 0 Å². The molecule has 2 nitrogen and oxygen atoms in total. The van der Waals surface area contributed by atoms with E-state index in [-0.39, 0.29) is 12.1 Å². The number of esters is 1. The van der Waals surface area contributed by atoms with Crippen molar-refractivity contribution in [2.45, 2.75) is 45.6 Å². The predicted molar refractivity (Wildman–Crippen MR) is 50.4 cm³/mol. The van der Waals surface area contributed by atoms with Crippen molar-refractivity contribution in [3.8, 4) is 0 Å². The first kappa shape index (κ1) is 11.8. The molecule has 12 heavy (non-hydrogen) atoms. The maximum absolute atomic E-state index is 11.0. The summed E-state index contributed by atoms with van der Waals surface area (Å²) < 4.78 is 4.98. The molecule has 0 saturated heterocycles. The van der Waals surface area contributed by atoms with Crippen molar-refractivity contribution in [2.24, 2.45) is 0 Å². The van der Waals surface area contributed by atoms with Gasteiger partial charge in [0.2, 0.25) is 0 Å². The minimum atomic E-state index is -0.152. The Labute approximate surface area is 79.2 Å². The fraction of sp³-hybridized carbons (Fsp3) is 0.889. The molecule has 1 unspecified atom stereocenters. The van der Waals surface area contributed by atoms with Gasteiger partial charge in [-0.3, -0.25) is 4.79 Å². The van der Waals surface area contributed by atoms with Gasteiger partial charge in [-0.1, -0.05) is 19.8 Å². The molecule has 0 bridgehead atoms. The van der Waals surface area contributed by atoms with Crippen LogP contribution in [0.2, 0.25) is 0 Å². The third-order valence-corrected chi connectivity index (χ3v) is 1.97. The maximum Gasteiger partial charge on any atom is 0.306 e. The lowest BCUT2D eigenvalue weighted by atomic mass is 10.2. The van der Waals surface area contributed by atoms with Crippen LogP contribution < -0.4 is 0 Å². The Kier molecular flexibility index (Phi) is 7.26. The van der Waals surface area contributed by atoms with Crippen molar-refractivity contribution in [1.82, 2.24) is 0 Å². The lowest BCUT2D eigenvalue weighted by Crippen LogP contribution is -2.15. The summed E-state index contributed by atoms with van der Waals surface area (Å²) in [6, 6.07) is 0. The van der Waals surface area contributed by atoms with Crippen LogP contribution in [0, 0.1) is 0 Å².